The molecule has 2 rings (SSSR count). The quantitative estimate of drug-likeness (QED) is 0.864. The lowest BCUT2D eigenvalue weighted by Crippen LogP contribution is -2.43. The summed E-state index contributed by atoms with van der Waals surface area (Å²) in [4.78, 5) is 37.2. The minimum Gasteiger partial charge on any atom is -0.478 e. The van der Waals surface area contributed by atoms with Gasteiger partial charge >= 0.3 is 11.9 Å². The molecular weight excluding hydrogens is 298 g/mol. The number of hydrogen-bond donors (Lipinski definition) is 1. The van der Waals surface area contributed by atoms with E-state index in [1.165, 1.54) is 29.2 Å². The molecule has 0 radical (unpaired) electrons. The Morgan fingerprint density at radius 2 is 1.70 bits per heavy atom. The minimum atomic E-state index is -1.04. The molecule has 0 aromatic heterocycles. The molecule has 1 aliphatic rings. The van der Waals surface area contributed by atoms with Crippen molar-refractivity contribution in [3.63, 3.8) is 0 Å². The Morgan fingerprint density at radius 3 is 2.22 bits per heavy atom. The highest BCUT2D eigenvalue weighted by Crippen LogP contribution is 2.23. The fraction of sp³-hybridized carbons (Fsp3) is 0.471. The van der Waals surface area contributed by atoms with Crippen molar-refractivity contribution in [3.05, 3.63) is 35.4 Å². The Balaban J connectivity index is 2.14. The molecule has 0 saturated carbocycles. The molecule has 1 aromatic carbocycles. The van der Waals surface area contributed by atoms with Crippen LogP contribution < -0.4 is 0 Å². The number of carbonyl (C=O) groups excluding carboxylic acids is 2. The minimum absolute atomic E-state index is 0.117. The Morgan fingerprint density at radius 1 is 1.13 bits per heavy atom. The van der Waals surface area contributed by atoms with Crippen LogP contribution in [0.15, 0.2) is 24.3 Å². The van der Waals surface area contributed by atoms with Crippen LogP contribution in [0.3, 0.4) is 0 Å². The van der Waals surface area contributed by atoms with E-state index in [0.717, 1.165) is 6.42 Å². The first kappa shape index (κ1) is 17.0. The van der Waals surface area contributed by atoms with E-state index in [-0.39, 0.29) is 11.5 Å². The first-order valence-corrected chi connectivity index (χ1v) is 7.56. The van der Waals surface area contributed by atoms with Gasteiger partial charge in [0.15, 0.2) is 0 Å². The van der Waals surface area contributed by atoms with Gasteiger partial charge in [0.05, 0.1) is 5.56 Å². The SMILES string of the molecule is CC(C)(C)OC(=O)[C@H]1CCCN1C(=O)c1ccc(C(=O)O)cc1. The average molecular weight is 319 g/mol. The van der Waals surface area contributed by atoms with Crippen molar-refractivity contribution < 1.29 is 24.2 Å². The van der Waals surface area contributed by atoms with Gasteiger partial charge in [0, 0.05) is 12.1 Å². The Labute approximate surface area is 135 Å². The molecule has 1 N–H and O–H groups in total. The number of rotatable bonds is 3. The second kappa shape index (κ2) is 6.40. The fourth-order valence-corrected chi connectivity index (χ4v) is 2.55. The first-order valence-electron chi connectivity index (χ1n) is 7.56. The van der Waals surface area contributed by atoms with Crippen LogP contribution >= 0.6 is 0 Å². The molecule has 1 atom stereocenters. The van der Waals surface area contributed by atoms with E-state index in [0.29, 0.717) is 18.5 Å². The Bertz CT molecular complexity index is 615. The zero-order valence-electron chi connectivity index (χ0n) is 13.5. The molecule has 6 heteroatoms. The van der Waals surface area contributed by atoms with E-state index < -0.39 is 23.6 Å². The van der Waals surface area contributed by atoms with Gasteiger partial charge in [-0.2, -0.15) is 0 Å². The maximum absolute atomic E-state index is 12.6. The molecule has 0 aliphatic carbocycles. The van der Waals surface area contributed by atoms with Crippen molar-refractivity contribution in [1.29, 1.82) is 0 Å². The summed E-state index contributed by atoms with van der Waals surface area (Å²) in [5.41, 5.74) is -0.116. The van der Waals surface area contributed by atoms with E-state index in [4.69, 9.17) is 9.84 Å². The Kier molecular flexibility index (Phi) is 4.73. The van der Waals surface area contributed by atoms with Crippen molar-refractivity contribution >= 4 is 17.8 Å². The van der Waals surface area contributed by atoms with Crippen LogP contribution in [-0.4, -0.2) is 46.0 Å². The highest BCUT2D eigenvalue weighted by atomic mass is 16.6. The van der Waals surface area contributed by atoms with Crippen LogP contribution in [0.1, 0.15) is 54.3 Å². The molecule has 6 nitrogen and oxygen atoms in total. The van der Waals surface area contributed by atoms with Gasteiger partial charge < -0.3 is 14.7 Å². The van der Waals surface area contributed by atoms with Crippen LogP contribution in [0.25, 0.3) is 0 Å². The molecule has 0 spiro atoms. The molecule has 1 saturated heterocycles. The molecule has 1 aromatic rings. The highest BCUT2D eigenvalue weighted by molar-refractivity contribution is 5.98. The third-order valence-corrected chi connectivity index (χ3v) is 3.57. The van der Waals surface area contributed by atoms with Crippen LogP contribution in [0.2, 0.25) is 0 Å². The summed E-state index contributed by atoms with van der Waals surface area (Å²) in [6.07, 6.45) is 1.32. The van der Waals surface area contributed by atoms with Crippen molar-refractivity contribution in [2.45, 2.75) is 45.3 Å². The van der Waals surface area contributed by atoms with E-state index in [2.05, 4.69) is 0 Å². The molecular formula is C17H21NO5. The van der Waals surface area contributed by atoms with Crippen LogP contribution in [0.4, 0.5) is 0 Å². The second-order valence-electron chi connectivity index (χ2n) is 6.57. The number of carbonyl (C=O) groups is 3. The number of nitrogens with zero attached hydrogens (tertiary/aromatic N) is 1. The molecule has 124 valence electrons. The van der Waals surface area contributed by atoms with Crippen LogP contribution in [0, 0.1) is 0 Å². The monoisotopic (exact) mass is 319 g/mol. The fourth-order valence-electron chi connectivity index (χ4n) is 2.55. The van der Waals surface area contributed by atoms with Gasteiger partial charge in [0.25, 0.3) is 5.91 Å². The lowest BCUT2D eigenvalue weighted by atomic mass is 10.1. The lowest BCUT2D eigenvalue weighted by molar-refractivity contribution is -0.159. The summed E-state index contributed by atoms with van der Waals surface area (Å²) in [5.74, 6) is -1.72. The van der Waals surface area contributed by atoms with Gasteiger partial charge in [-0.05, 0) is 57.9 Å². The summed E-state index contributed by atoms with van der Waals surface area (Å²) in [6, 6.07) is 5.12. The summed E-state index contributed by atoms with van der Waals surface area (Å²) in [7, 11) is 0. The first-order chi connectivity index (χ1) is 10.7. The third-order valence-electron chi connectivity index (χ3n) is 3.57. The lowest BCUT2D eigenvalue weighted by Gasteiger charge is -2.27. The number of likely N-dealkylation sites (tertiary alicyclic amines) is 1. The van der Waals surface area contributed by atoms with E-state index in [1.54, 1.807) is 20.8 Å². The summed E-state index contributed by atoms with van der Waals surface area (Å²) in [6.45, 7) is 5.85. The molecule has 0 unspecified atom stereocenters. The van der Waals surface area contributed by atoms with Gasteiger partial charge in [-0.25, -0.2) is 9.59 Å². The number of esters is 1. The maximum Gasteiger partial charge on any atom is 0.335 e. The van der Waals surface area contributed by atoms with Crippen molar-refractivity contribution in [3.8, 4) is 0 Å². The average Bonchev–Trinajstić information content (AvgIpc) is 2.94. The molecule has 1 heterocycles. The molecule has 1 amide bonds. The normalized spacial score (nSPS) is 17.9. The van der Waals surface area contributed by atoms with Crippen molar-refractivity contribution in [1.82, 2.24) is 4.90 Å². The van der Waals surface area contributed by atoms with Gasteiger partial charge in [0.2, 0.25) is 0 Å². The number of carboxylic acid groups (broad SMARTS) is 1. The maximum atomic E-state index is 12.6. The van der Waals surface area contributed by atoms with E-state index in [9.17, 15) is 14.4 Å². The number of carboxylic acids is 1. The summed E-state index contributed by atoms with van der Waals surface area (Å²) >= 11 is 0. The van der Waals surface area contributed by atoms with E-state index >= 15 is 0 Å². The Hall–Kier alpha value is -2.37. The van der Waals surface area contributed by atoms with Crippen LogP contribution in [0.5, 0.6) is 0 Å². The smallest absolute Gasteiger partial charge is 0.335 e. The molecule has 1 fully saturated rings. The predicted octanol–water partition coefficient (Wildman–Crippen LogP) is 2.33. The highest BCUT2D eigenvalue weighted by Gasteiger charge is 2.37. The molecule has 23 heavy (non-hydrogen) atoms. The van der Waals surface area contributed by atoms with Gasteiger partial charge in [-0.15, -0.1) is 0 Å². The largest absolute Gasteiger partial charge is 0.478 e. The topological polar surface area (TPSA) is 83.9 Å². The van der Waals surface area contributed by atoms with Gasteiger partial charge in [-0.1, -0.05) is 0 Å². The van der Waals surface area contributed by atoms with Crippen LogP contribution in [-0.2, 0) is 9.53 Å². The predicted molar refractivity (Wildman–Crippen MR) is 83.3 cm³/mol. The number of aromatic carboxylic acids is 1. The third kappa shape index (κ3) is 4.09. The van der Waals surface area contributed by atoms with E-state index in [1.807, 2.05) is 0 Å². The van der Waals surface area contributed by atoms with Gasteiger partial charge in [-0.3, -0.25) is 4.79 Å². The van der Waals surface area contributed by atoms with Gasteiger partial charge in [0.1, 0.15) is 11.6 Å². The number of ether oxygens (including phenoxy) is 1. The summed E-state index contributed by atoms with van der Waals surface area (Å²) in [5, 5.41) is 8.89. The number of hydrogen-bond acceptors (Lipinski definition) is 4. The molecule has 1 aliphatic heterocycles. The van der Waals surface area contributed by atoms with Crippen molar-refractivity contribution in [2.24, 2.45) is 0 Å². The zero-order valence-corrected chi connectivity index (χ0v) is 13.5. The van der Waals surface area contributed by atoms with Crippen molar-refractivity contribution in [2.75, 3.05) is 6.54 Å². The second-order valence-corrected chi connectivity index (χ2v) is 6.57. The standard InChI is InChI=1S/C17H21NO5/c1-17(2,3)23-16(22)13-5-4-10-18(13)14(19)11-6-8-12(9-7-11)15(20)21/h6-9,13H,4-5,10H2,1-3H3,(H,20,21)/t13-/m1/s1. The number of benzene rings is 1. The zero-order chi connectivity index (χ0) is 17.2. The number of amides is 1. The molecule has 0 bridgehead atoms. The summed E-state index contributed by atoms with van der Waals surface area (Å²) < 4.78 is 5.38.